The molecule has 0 spiro atoms. The first-order valence-corrected chi connectivity index (χ1v) is 7.67. The van der Waals surface area contributed by atoms with Gasteiger partial charge in [0.05, 0.1) is 9.92 Å². The van der Waals surface area contributed by atoms with E-state index in [1.807, 2.05) is 13.8 Å². The highest BCUT2D eigenvalue weighted by molar-refractivity contribution is 7.89. The van der Waals surface area contributed by atoms with Crippen LogP contribution in [0.1, 0.15) is 20.8 Å². The topological polar surface area (TPSA) is 72.2 Å². The molecule has 0 saturated carbocycles. The van der Waals surface area contributed by atoms with Crippen LogP contribution in [0, 0.1) is 11.7 Å². The van der Waals surface area contributed by atoms with E-state index >= 15 is 0 Å². The van der Waals surface area contributed by atoms with Crippen molar-refractivity contribution >= 4 is 21.6 Å². The Morgan fingerprint density at radius 2 is 2.05 bits per heavy atom. The maximum Gasteiger partial charge on any atom is 0.241 e. The van der Waals surface area contributed by atoms with Crippen LogP contribution in [0.5, 0.6) is 0 Å². The van der Waals surface area contributed by atoms with Gasteiger partial charge in [-0.05, 0) is 31.0 Å². The van der Waals surface area contributed by atoms with Crippen LogP contribution in [0.3, 0.4) is 0 Å². The molecule has 108 valence electrons. The van der Waals surface area contributed by atoms with E-state index < -0.39 is 21.4 Å². The molecule has 0 aliphatic heterocycles. The van der Waals surface area contributed by atoms with Crippen LogP contribution < -0.4 is 10.5 Å². The van der Waals surface area contributed by atoms with Gasteiger partial charge < -0.3 is 5.73 Å². The first-order valence-electron chi connectivity index (χ1n) is 5.81. The Morgan fingerprint density at radius 3 is 2.47 bits per heavy atom. The highest BCUT2D eigenvalue weighted by atomic mass is 35.5. The van der Waals surface area contributed by atoms with E-state index in [0.29, 0.717) is 0 Å². The van der Waals surface area contributed by atoms with Gasteiger partial charge in [-0.3, -0.25) is 0 Å². The lowest BCUT2D eigenvalue weighted by atomic mass is 9.90. The minimum Gasteiger partial charge on any atom is -0.329 e. The molecule has 1 rings (SSSR count). The molecule has 0 heterocycles. The maximum absolute atomic E-state index is 13.1. The van der Waals surface area contributed by atoms with Crippen molar-refractivity contribution in [2.75, 3.05) is 6.54 Å². The third-order valence-electron chi connectivity index (χ3n) is 3.27. The molecule has 3 N–H and O–H groups in total. The van der Waals surface area contributed by atoms with E-state index in [1.54, 1.807) is 6.92 Å². The summed E-state index contributed by atoms with van der Waals surface area (Å²) in [6.07, 6.45) is 0. The Balaban J connectivity index is 3.14. The normalized spacial score (nSPS) is 15.5. The van der Waals surface area contributed by atoms with Crippen molar-refractivity contribution in [1.29, 1.82) is 0 Å². The second kappa shape index (κ2) is 5.75. The van der Waals surface area contributed by atoms with Gasteiger partial charge in [-0.2, -0.15) is 0 Å². The lowest BCUT2D eigenvalue weighted by molar-refractivity contribution is 0.315. The molecule has 0 amide bonds. The number of rotatable bonds is 5. The minimum absolute atomic E-state index is 0.00296. The van der Waals surface area contributed by atoms with Crippen molar-refractivity contribution in [1.82, 2.24) is 4.72 Å². The molecule has 0 fully saturated rings. The van der Waals surface area contributed by atoms with Crippen LogP contribution >= 0.6 is 11.6 Å². The Morgan fingerprint density at radius 1 is 1.47 bits per heavy atom. The van der Waals surface area contributed by atoms with Crippen LogP contribution in [0.2, 0.25) is 5.02 Å². The molecule has 0 saturated heterocycles. The first-order chi connectivity index (χ1) is 8.62. The van der Waals surface area contributed by atoms with Crippen molar-refractivity contribution in [3.05, 3.63) is 29.0 Å². The molecule has 1 aromatic rings. The van der Waals surface area contributed by atoms with Crippen molar-refractivity contribution in [2.24, 2.45) is 11.7 Å². The summed E-state index contributed by atoms with van der Waals surface area (Å²) in [5.41, 5.74) is 4.86. The van der Waals surface area contributed by atoms with Gasteiger partial charge in [-0.1, -0.05) is 25.4 Å². The molecule has 1 unspecified atom stereocenters. The monoisotopic (exact) mass is 308 g/mol. The first kappa shape index (κ1) is 16.4. The summed E-state index contributed by atoms with van der Waals surface area (Å²) < 4.78 is 40.1. The molecule has 4 nitrogen and oxygen atoms in total. The van der Waals surface area contributed by atoms with Crippen LogP contribution in [-0.4, -0.2) is 20.5 Å². The van der Waals surface area contributed by atoms with Crippen LogP contribution in [0.25, 0.3) is 0 Å². The lowest BCUT2D eigenvalue weighted by Crippen LogP contribution is -2.54. The number of nitrogens with one attached hydrogen (secondary N) is 1. The SMILES string of the molecule is CC(C)C(C)(CN)NS(=O)(=O)c1ccc(F)c(Cl)c1. The van der Waals surface area contributed by atoms with Crippen molar-refractivity contribution < 1.29 is 12.8 Å². The molecule has 1 aromatic carbocycles. The number of benzene rings is 1. The zero-order valence-electron chi connectivity index (χ0n) is 11.1. The molecule has 1 atom stereocenters. The Hall–Kier alpha value is -0.690. The van der Waals surface area contributed by atoms with Gasteiger partial charge in [0.25, 0.3) is 0 Å². The standard InChI is InChI=1S/C12H18ClFN2O2S/c1-8(2)12(3,7-15)16-19(17,18)9-4-5-11(14)10(13)6-9/h4-6,8,16H,7,15H2,1-3H3. The number of hydrogen-bond donors (Lipinski definition) is 2. The van der Waals surface area contributed by atoms with E-state index in [4.69, 9.17) is 17.3 Å². The number of halogens is 2. The Bertz CT molecular complexity index is 563. The fraction of sp³-hybridized carbons (Fsp3) is 0.500. The van der Waals surface area contributed by atoms with Crippen LogP contribution in [0.15, 0.2) is 23.1 Å². The van der Waals surface area contributed by atoms with Gasteiger partial charge in [0, 0.05) is 12.1 Å². The van der Waals surface area contributed by atoms with Crippen LogP contribution in [-0.2, 0) is 10.0 Å². The number of sulfonamides is 1. The quantitative estimate of drug-likeness (QED) is 0.875. The van der Waals surface area contributed by atoms with E-state index in [0.717, 1.165) is 12.1 Å². The highest BCUT2D eigenvalue weighted by Gasteiger charge is 2.32. The summed E-state index contributed by atoms with van der Waals surface area (Å²) in [5, 5.41) is -0.234. The average molecular weight is 309 g/mol. The van der Waals surface area contributed by atoms with E-state index in [1.165, 1.54) is 6.07 Å². The van der Waals surface area contributed by atoms with Gasteiger partial charge in [0.1, 0.15) is 5.82 Å². The fourth-order valence-electron chi connectivity index (χ4n) is 1.41. The van der Waals surface area contributed by atoms with E-state index in [2.05, 4.69) is 4.72 Å². The van der Waals surface area contributed by atoms with Gasteiger partial charge in [-0.25, -0.2) is 17.5 Å². The van der Waals surface area contributed by atoms with Crippen molar-refractivity contribution in [3.8, 4) is 0 Å². The average Bonchev–Trinajstić information content (AvgIpc) is 2.31. The summed E-state index contributed by atoms with van der Waals surface area (Å²) in [6, 6.07) is 3.27. The highest BCUT2D eigenvalue weighted by Crippen LogP contribution is 2.22. The minimum atomic E-state index is -3.80. The zero-order chi connectivity index (χ0) is 14.8. The van der Waals surface area contributed by atoms with E-state index in [-0.39, 0.29) is 22.4 Å². The van der Waals surface area contributed by atoms with E-state index in [9.17, 15) is 12.8 Å². The lowest BCUT2D eigenvalue weighted by Gasteiger charge is -2.33. The summed E-state index contributed by atoms with van der Waals surface area (Å²) in [6.45, 7) is 5.61. The third-order valence-corrected chi connectivity index (χ3v) is 5.17. The Kier molecular flexibility index (Phi) is 4.95. The molecule has 19 heavy (non-hydrogen) atoms. The molecule has 0 aliphatic rings. The molecule has 0 aromatic heterocycles. The van der Waals surface area contributed by atoms with Gasteiger partial charge in [0.2, 0.25) is 10.0 Å². The van der Waals surface area contributed by atoms with Crippen molar-refractivity contribution in [3.63, 3.8) is 0 Å². The summed E-state index contributed by atoms with van der Waals surface area (Å²) in [7, 11) is -3.80. The number of hydrogen-bond acceptors (Lipinski definition) is 3. The maximum atomic E-state index is 13.1. The molecule has 0 bridgehead atoms. The van der Waals surface area contributed by atoms with Gasteiger partial charge in [0.15, 0.2) is 0 Å². The molecule has 7 heteroatoms. The second-order valence-corrected chi connectivity index (χ2v) is 7.05. The molecular formula is C12H18ClFN2O2S. The smallest absolute Gasteiger partial charge is 0.241 e. The third kappa shape index (κ3) is 3.66. The second-order valence-electron chi connectivity index (χ2n) is 4.96. The summed E-state index contributed by atoms with van der Waals surface area (Å²) >= 11 is 5.60. The predicted octanol–water partition coefficient (Wildman–Crippen LogP) is 2.13. The largest absolute Gasteiger partial charge is 0.329 e. The van der Waals surface area contributed by atoms with Gasteiger partial charge in [-0.15, -0.1) is 0 Å². The number of nitrogens with two attached hydrogens (primary N) is 1. The fourth-order valence-corrected chi connectivity index (χ4v) is 3.22. The Labute approximate surface area is 118 Å². The molecular weight excluding hydrogens is 291 g/mol. The molecule has 0 aliphatic carbocycles. The summed E-state index contributed by atoms with van der Waals surface area (Å²) in [5.74, 6) is -0.658. The summed E-state index contributed by atoms with van der Waals surface area (Å²) in [4.78, 5) is -0.0841. The van der Waals surface area contributed by atoms with Gasteiger partial charge >= 0.3 is 0 Å². The van der Waals surface area contributed by atoms with Crippen molar-refractivity contribution in [2.45, 2.75) is 31.2 Å². The predicted molar refractivity (Wildman–Crippen MR) is 74.0 cm³/mol. The molecule has 0 radical (unpaired) electrons. The zero-order valence-corrected chi connectivity index (χ0v) is 12.6. The van der Waals surface area contributed by atoms with Crippen LogP contribution in [0.4, 0.5) is 4.39 Å².